The van der Waals surface area contributed by atoms with Gasteiger partial charge in [0.2, 0.25) is 0 Å². The number of aryl methyl sites for hydroxylation is 1. The summed E-state index contributed by atoms with van der Waals surface area (Å²) in [6, 6.07) is 13.5. The molecule has 1 heterocycles. The highest BCUT2D eigenvalue weighted by Gasteiger charge is 2.34. The Labute approximate surface area is 144 Å². The van der Waals surface area contributed by atoms with Gasteiger partial charge >= 0.3 is 0 Å². The Morgan fingerprint density at radius 1 is 1.04 bits per heavy atom. The number of rotatable bonds is 2. The van der Waals surface area contributed by atoms with Gasteiger partial charge in [0.1, 0.15) is 11.3 Å². The molecular weight excluding hydrogens is 324 g/mol. The Kier molecular flexibility index (Phi) is 4.14. The number of phenols is 1. The van der Waals surface area contributed by atoms with Crippen LogP contribution in [0.2, 0.25) is 0 Å². The predicted octanol–water partition coefficient (Wildman–Crippen LogP) is 2.53. The standard InChI is InChI=1S/C18H14N2O3S/c1-11-2-6-13(7-3-11)20-17(23)15(16(22)19-18(20)24)10-12-4-8-14(21)9-5-12/h2-10,21H,1H3,(H,19,22,24). The van der Waals surface area contributed by atoms with Crippen molar-refractivity contribution >= 4 is 40.9 Å². The number of nitrogens with one attached hydrogen (secondary N) is 1. The zero-order valence-corrected chi connectivity index (χ0v) is 13.6. The highest BCUT2D eigenvalue weighted by molar-refractivity contribution is 7.80. The molecule has 0 bridgehead atoms. The summed E-state index contributed by atoms with van der Waals surface area (Å²) in [5.74, 6) is -0.916. The van der Waals surface area contributed by atoms with E-state index in [9.17, 15) is 14.7 Å². The number of carbonyl (C=O) groups excluding carboxylic acids is 2. The van der Waals surface area contributed by atoms with Gasteiger partial charge in [-0.3, -0.25) is 19.8 Å². The molecule has 0 aliphatic carbocycles. The summed E-state index contributed by atoms with van der Waals surface area (Å²) in [7, 11) is 0. The molecular formula is C18H14N2O3S. The van der Waals surface area contributed by atoms with Crippen LogP contribution in [0.15, 0.2) is 54.1 Å². The number of amides is 2. The van der Waals surface area contributed by atoms with E-state index >= 15 is 0 Å². The minimum Gasteiger partial charge on any atom is -0.508 e. The second kappa shape index (κ2) is 6.25. The van der Waals surface area contributed by atoms with Gasteiger partial charge < -0.3 is 5.11 Å². The summed E-state index contributed by atoms with van der Waals surface area (Å²) < 4.78 is 0. The van der Waals surface area contributed by atoms with Crippen molar-refractivity contribution < 1.29 is 14.7 Å². The van der Waals surface area contributed by atoms with E-state index in [2.05, 4.69) is 5.32 Å². The summed E-state index contributed by atoms with van der Waals surface area (Å²) in [5.41, 5.74) is 2.25. The normalized spacial score (nSPS) is 16.5. The van der Waals surface area contributed by atoms with Crippen molar-refractivity contribution in [1.29, 1.82) is 0 Å². The first-order valence-corrected chi connectivity index (χ1v) is 7.64. The maximum atomic E-state index is 12.8. The maximum Gasteiger partial charge on any atom is 0.270 e. The minimum absolute atomic E-state index is 0.0186. The zero-order chi connectivity index (χ0) is 17.3. The summed E-state index contributed by atoms with van der Waals surface area (Å²) in [6.07, 6.45) is 1.47. The van der Waals surface area contributed by atoms with Crippen LogP contribution in [-0.2, 0) is 9.59 Å². The molecule has 0 radical (unpaired) electrons. The lowest BCUT2D eigenvalue weighted by Crippen LogP contribution is -2.54. The number of aromatic hydroxyl groups is 1. The second-order valence-electron chi connectivity index (χ2n) is 5.38. The minimum atomic E-state index is -0.540. The smallest absolute Gasteiger partial charge is 0.270 e. The Hall–Kier alpha value is -2.99. The van der Waals surface area contributed by atoms with Gasteiger partial charge in [-0.15, -0.1) is 0 Å². The molecule has 0 aromatic heterocycles. The molecule has 2 aromatic carbocycles. The summed E-state index contributed by atoms with van der Waals surface area (Å²) in [4.78, 5) is 26.2. The zero-order valence-electron chi connectivity index (χ0n) is 12.8. The van der Waals surface area contributed by atoms with E-state index < -0.39 is 11.8 Å². The van der Waals surface area contributed by atoms with Crippen molar-refractivity contribution in [1.82, 2.24) is 5.32 Å². The lowest BCUT2D eigenvalue weighted by atomic mass is 10.1. The van der Waals surface area contributed by atoms with E-state index in [1.54, 1.807) is 24.3 Å². The summed E-state index contributed by atoms with van der Waals surface area (Å²) in [5, 5.41) is 11.9. The first kappa shape index (κ1) is 15.9. The van der Waals surface area contributed by atoms with Crippen LogP contribution < -0.4 is 10.2 Å². The van der Waals surface area contributed by atoms with Gasteiger partial charge in [0.05, 0.1) is 5.69 Å². The van der Waals surface area contributed by atoms with Gasteiger partial charge in [-0.1, -0.05) is 29.8 Å². The van der Waals surface area contributed by atoms with Gasteiger partial charge in [-0.25, -0.2) is 0 Å². The molecule has 2 amide bonds. The Bertz CT molecular complexity index is 855. The molecule has 120 valence electrons. The fourth-order valence-electron chi connectivity index (χ4n) is 2.32. The highest BCUT2D eigenvalue weighted by Crippen LogP contribution is 2.22. The first-order chi connectivity index (χ1) is 11.5. The predicted molar refractivity (Wildman–Crippen MR) is 95.5 cm³/mol. The lowest BCUT2D eigenvalue weighted by molar-refractivity contribution is -0.122. The van der Waals surface area contributed by atoms with Gasteiger partial charge in [0.15, 0.2) is 5.11 Å². The van der Waals surface area contributed by atoms with Crippen LogP contribution in [-0.4, -0.2) is 22.0 Å². The second-order valence-corrected chi connectivity index (χ2v) is 5.77. The summed E-state index contributed by atoms with van der Waals surface area (Å²) in [6.45, 7) is 1.94. The molecule has 2 aromatic rings. The van der Waals surface area contributed by atoms with E-state index in [0.29, 0.717) is 11.3 Å². The molecule has 1 aliphatic rings. The van der Waals surface area contributed by atoms with Crippen LogP contribution in [0.5, 0.6) is 5.75 Å². The molecule has 0 spiro atoms. The van der Waals surface area contributed by atoms with Gasteiger partial charge in [-0.05, 0) is 55.0 Å². The molecule has 24 heavy (non-hydrogen) atoms. The molecule has 6 heteroatoms. The summed E-state index contributed by atoms with van der Waals surface area (Å²) >= 11 is 5.14. The van der Waals surface area contributed by atoms with Crippen molar-refractivity contribution in [2.75, 3.05) is 4.90 Å². The fourth-order valence-corrected chi connectivity index (χ4v) is 2.60. The quantitative estimate of drug-likeness (QED) is 0.502. The van der Waals surface area contributed by atoms with Crippen LogP contribution in [0.1, 0.15) is 11.1 Å². The van der Waals surface area contributed by atoms with Crippen LogP contribution in [0.4, 0.5) is 5.69 Å². The fraction of sp³-hybridized carbons (Fsp3) is 0.0556. The van der Waals surface area contributed by atoms with Crippen LogP contribution in [0.3, 0.4) is 0 Å². The third-order valence-electron chi connectivity index (χ3n) is 3.60. The number of benzene rings is 2. The van der Waals surface area contributed by atoms with E-state index in [1.165, 1.54) is 23.1 Å². The number of nitrogens with zero attached hydrogens (tertiary/aromatic N) is 1. The van der Waals surface area contributed by atoms with Crippen molar-refractivity contribution in [2.24, 2.45) is 0 Å². The topological polar surface area (TPSA) is 69.6 Å². The molecule has 5 nitrogen and oxygen atoms in total. The number of phenolic OH excluding ortho intramolecular Hbond substituents is 1. The van der Waals surface area contributed by atoms with Crippen LogP contribution in [0, 0.1) is 6.92 Å². The van der Waals surface area contributed by atoms with E-state index in [4.69, 9.17) is 12.2 Å². The van der Waals surface area contributed by atoms with Crippen molar-refractivity contribution in [2.45, 2.75) is 6.92 Å². The van der Waals surface area contributed by atoms with Gasteiger partial charge in [0.25, 0.3) is 11.8 Å². The number of hydrogen-bond donors (Lipinski definition) is 2. The lowest BCUT2D eigenvalue weighted by Gasteiger charge is -2.29. The Balaban J connectivity index is 1.99. The first-order valence-electron chi connectivity index (χ1n) is 7.23. The van der Waals surface area contributed by atoms with Crippen LogP contribution in [0.25, 0.3) is 6.08 Å². The van der Waals surface area contributed by atoms with Crippen LogP contribution >= 0.6 is 12.2 Å². The molecule has 0 unspecified atom stereocenters. The van der Waals surface area contributed by atoms with Gasteiger partial charge in [0, 0.05) is 0 Å². The third kappa shape index (κ3) is 3.04. The third-order valence-corrected chi connectivity index (χ3v) is 3.88. The molecule has 1 aliphatic heterocycles. The van der Waals surface area contributed by atoms with E-state index in [0.717, 1.165) is 5.56 Å². The molecule has 2 N–H and O–H groups in total. The molecule has 1 saturated heterocycles. The average Bonchev–Trinajstić information content (AvgIpc) is 2.55. The highest BCUT2D eigenvalue weighted by atomic mass is 32.1. The van der Waals surface area contributed by atoms with Gasteiger partial charge in [-0.2, -0.15) is 0 Å². The largest absolute Gasteiger partial charge is 0.508 e. The molecule has 3 rings (SSSR count). The SMILES string of the molecule is Cc1ccc(N2C(=O)C(=Cc3ccc(O)cc3)C(=O)NC2=S)cc1. The van der Waals surface area contributed by atoms with Crippen molar-refractivity contribution in [3.63, 3.8) is 0 Å². The Morgan fingerprint density at radius 3 is 2.29 bits per heavy atom. The Morgan fingerprint density at radius 2 is 1.67 bits per heavy atom. The van der Waals surface area contributed by atoms with Crippen molar-refractivity contribution in [3.8, 4) is 5.75 Å². The maximum absolute atomic E-state index is 12.8. The number of anilines is 1. The monoisotopic (exact) mass is 338 g/mol. The number of hydrogen-bond acceptors (Lipinski definition) is 4. The van der Waals surface area contributed by atoms with Crippen molar-refractivity contribution in [3.05, 3.63) is 65.2 Å². The van der Waals surface area contributed by atoms with E-state index in [1.807, 2.05) is 19.1 Å². The molecule has 1 fully saturated rings. The average molecular weight is 338 g/mol. The number of carbonyl (C=O) groups is 2. The molecule has 0 atom stereocenters. The number of thiocarbonyl (C=S) groups is 1. The molecule has 0 saturated carbocycles. The van der Waals surface area contributed by atoms with E-state index in [-0.39, 0.29) is 16.4 Å².